The van der Waals surface area contributed by atoms with Crippen molar-refractivity contribution >= 4 is 5.91 Å². The first-order valence-corrected chi connectivity index (χ1v) is 9.04. The molecule has 4 heteroatoms. The van der Waals surface area contributed by atoms with Crippen molar-refractivity contribution in [3.8, 4) is 0 Å². The monoisotopic (exact) mass is 315 g/mol. The second kappa shape index (κ2) is 7.43. The Hall–Kier alpha value is -1.42. The molecule has 1 aromatic heterocycles. The minimum Gasteiger partial charge on any atom is -0.341 e. The first-order chi connectivity index (χ1) is 11.1. The first kappa shape index (κ1) is 16.4. The molecule has 1 amide bonds. The van der Waals surface area contributed by atoms with E-state index < -0.39 is 0 Å². The summed E-state index contributed by atoms with van der Waals surface area (Å²) in [6.07, 6.45) is 7.91. The van der Waals surface area contributed by atoms with Crippen LogP contribution < -0.4 is 0 Å². The molecule has 0 aromatic carbocycles. The van der Waals surface area contributed by atoms with Gasteiger partial charge in [-0.1, -0.05) is 19.9 Å². The highest BCUT2D eigenvalue weighted by Gasteiger charge is 2.33. The lowest BCUT2D eigenvalue weighted by Gasteiger charge is -2.34. The van der Waals surface area contributed by atoms with Crippen LogP contribution in [0.4, 0.5) is 0 Å². The summed E-state index contributed by atoms with van der Waals surface area (Å²) >= 11 is 0. The lowest BCUT2D eigenvalue weighted by atomic mass is 10.0. The Balaban J connectivity index is 1.64. The number of amides is 1. The van der Waals surface area contributed by atoms with Gasteiger partial charge in [0, 0.05) is 44.6 Å². The van der Waals surface area contributed by atoms with E-state index in [9.17, 15) is 4.79 Å². The molecule has 2 aliphatic rings. The van der Waals surface area contributed by atoms with E-state index in [0.717, 1.165) is 37.5 Å². The molecule has 1 unspecified atom stereocenters. The van der Waals surface area contributed by atoms with E-state index in [1.54, 1.807) is 12.4 Å². The van der Waals surface area contributed by atoms with Crippen molar-refractivity contribution in [3.63, 3.8) is 0 Å². The molecule has 23 heavy (non-hydrogen) atoms. The van der Waals surface area contributed by atoms with Crippen molar-refractivity contribution in [1.82, 2.24) is 14.8 Å². The summed E-state index contributed by atoms with van der Waals surface area (Å²) in [5, 5.41) is 0. The van der Waals surface area contributed by atoms with Gasteiger partial charge in [0.05, 0.1) is 6.42 Å². The van der Waals surface area contributed by atoms with Crippen molar-refractivity contribution < 1.29 is 4.79 Å². The van der Waals surface area contributed by atoms with Gasteiger partial charge in [0.1, 0.15) is 0 Å². The molecular formula is C19H29N3O. The van der Waals surface area contributed by atoms with Crippen LogP contribution in [0.1, 0.15) is 38.7 Å². The lowest BCUT2D eigenvalue weighted by Crippen LogP contribution is -2.46. The highest BCUT2D eigenvalue weighted by atomic mass is 16.2. The van der Waals surface area contributed by atoms with Crippen LogP contribution in [0.2, 0.25) is 0 Å². The standard InChI is InChI=1S/C19H29N3O/c1-15(2)18-14-22(10-4-9-21(18)13-16-6-7-16)19(23)11-17-5-3-8-20-12-17/h3,5,8,12,15-16,18H,4,6-7,9-11,13-14H2,1-2H3. The van der Waals surface area contributed by atoms with Gasteiger partial charge in [-0.25, -0.2) is 0 Å². The predicted octanol–water partition coefficient (Wildman–Crippen LogP) is 2.59. The van der Waals surface area contributed by atoms with Gasteiger partial charge < -0.3 is 4.90 Å². The zero-order chi connectivity index (χ0) is 16.2. The van der Waals surface area contributed by atoms with Crippen LogP contribution in [-0.4, -0.2) is 52.9 Å². The maximum absolute atomic E-state index is 12.7. The van der Waals surface area contributed by atoms with Gasteiger partial charge in [-0.15, -0.1) is 0 Å². The maximum atomic E-state index is 12.7. The molecule has 2 fully saturated rings. The molecule has 0 bridgehead atoms. The van der Waals surface area contributed by atoms with Gasteiger partial charge in [0.15, 0.2) is 0 Å². The summed E-state index contributed by atoms with van der Waals surface area (Å²) in [6, 6.07) is 4.39. The third kappa shape index (κ3) is 4.54. The Morgan fingerprint density at radius 2 is 2.17 bits per heavy atom. The second-order valence-electron chi connectivity index (χ2n) is 7.48. The Bertz CT molecular complexity index is 513. The summed E-state index contributed by atoms with van der Waals surface area (Å²) in [7, 11) is 0. The second-order valence-corrected chi connectivity index (χ2v) is 7.48. The highest BCUT2D eigenvalue weighted by Crippen LogP contribution is 2.31. The molecule has 126 valence electrons. The average molecular weight is 315 g/mol. The van der Waals surface area contributed by atoms with Crippen molar-refractivity contribution in [2.45, 2.75) is 45.6 Å². The Morgan fingerprint density at radius 3 is 2.83 bits per heavy atom. The molecule has 4 nitrogen and oxygen atoms in total. The normalized spacial score (nSPS) is 23.1. The molecule has 1 aliphatic carbocycles. The molecule has 1 saturated carbocycles. The van der Waals surface area contributed by atoms with Gasteiger partial charge >= 0.3 is 0 Å². The molecule has 1 atom stereocenters. The Kier molecular flexibility index (Phi) is 5.31. The fourth-order valence-electron chi connectivity index (χ4n) is 3.57. The van der Waals surface area contributed by atoms with Gasteiger partial charge in [0.25, 0.3) is 0 Å². The number of hydrogen-bond acceptors (Lipinski definition) is 3. The Labute approximate surface area is 139 Å². The number of carbonyl (C=O) groups is 1. The van der Waals surface area contributed by atoms with Crippen LogP contribution in [0.15, 0.2) is 24.5 Å². The third-order valence-corrected chi connectivity index (χ3v) is 5.14. The van der Waals surface area contributed by atoms with Gasteiger partial charge in [-0.3, -0.25) is 14.7 Å². The topological polar surface area (TPSA) is 36.4 Å². The van der Waals surface area contributed by atoms with Crippen molar-refractivity contribution in [3.05, 3.63) is 30.1 Å². The van der Waals surface area contributed by atoms with Crippen LogP contribution in [0.5, 0.6) is 0 Å². The molecule has 1 aliphatic heterocycles. The zero-order valence-electron chi connectivity index (χ0n) is 14.4. The minimum absolute atomic E-state index is 0.247. The van der Waals surface area contributed by atoms with Crippen molar-refractivity contribution in [2.75, 3.05) is 26.2 Å². The maximum Gasteiger partial charge on any atom is 0.227 e. The number of hydrogen-bond donors (Lipinski definition) is 0. The van der Waals surface area contributed by atoms with Gasteiger partial charge in [-0.05, 0) is 42.7 Å². The summed E-state index contributed by atoms with van der Waals surface area (Å²) in [4.78, 5) is 21.6. The average Bonchev–Trinajstić information content (AvgIpc) is 3.35. The van der Waals surface area contributed by atoms with E-state index in [1.807, 2.05) is 12.1 Å². The van der Waals surface area contributed by atoms with Crippen LogP contribution in [-0.2, 0) is 11.2 Å². The van der Waals surface area contributed by atoms with Gasteiger partial charge in [-0.2, -0.15) is 0 Å². The molecular weight excluding hydrogens is 286 g/mol. The number of carbonyl (C=O) groups excluding carboxylic acids is 1. The molecule has 0 spiro atoms. The third-order valence-electron chi connectivity index (χ3n) is 5.14. The van der Waals surface area contributed by atoms with Crippen LogP contribution in [0.3, 0.4) is 0 Å². The SMILES string of the molecule is CC(C)C1CN(C(=O)Cc2cccnc2)CCCN1CC1CC1. The summed E-state index contributed by atoms with van der Waals surface area (Å²) in [6.45, 7) is 8.72. The number of nitrogens with zero attached hydrogens (tertiary/aromatic N) is 3. The molecule has 1 saturated heterocycles. The molecule has 0 N–H and O–H groups in total. The van der Waals surface area contributed by atoms with Crippen molar-refractivity contribution in [2.24, 2.45) is 11.8 Å². The summed E-state index contributed by atoms with van der Waals surface area (Å²) in [5.74, 6) is 1.74. The van der Waals surface area contributed by atoms with Crippen LogP contribution >= 0.6 is 0 Å². The van der Waals surface area contributed by atoms with Gasteiger partial charge in [0.2, 0.25) is 5.91 Å². The van der Waals surface area contributed by atoms with E-state index in [1.165, 1.54) is 19.4 Å². The largest absolute Gasteiger partial charge is 0.341 e. The van der Waals surface area contributed by atoms with Crippen LogP contribution in [0, 0.1) is 11.8 Å². The molecule has 0 radical (unpaired) electrons. The molecule has 3 rings (SSSR count). The van der Waals surface area contributed by atoms with Crippen molar-refractivity contribution in [1.29, 1.82) is 0 Å². The Morgan fingerprint density at radius 1 is 1.35 bits per heavy atom. The number of pyridine rings is 1. The quantitative estimate of drug-likeness (QED) is 0.838. The minimum atomic E-state index is 0.247. The summed E-state index contributed by atoms with van der Waals surface area (Å²) < 4.78 is 0. The van der Waals surface area contributed by atoms with E-state index in [2.05, 4.69) is 28.6 Å². The van der Waals surface area contributed by atoms with E-state index >= 15 is 0 Å². The zero-order valence-corrected chi connectivity index (χ0v) is 14.4. The van der Waals surface area contributed by atoms with E-state index in [-0.39, 0.29) is 5.91 Å². The number of rotatable bonds is 5. The fraction of sp³-hybridized carbons (Fsp3) is 0.684. The fourth-order valence-corrected chi connectivity index (χ4v) is 3.57. The molecule has 2 heterocycles. The van der Waals surface area contributed by atoms with Crippen LogP contribution in [0.25, 0.3) is 0 Å². The predicted molar refractivity (Wildman–Crippen MR) is 92.1 cm³/mol. The molecule has 1 aromatic rings. The number of aromatic nitrogens is 1. The smallest absolute Gasteiger partial charge is 0.227 e. The highest BCUT2D eigenvalue weighted by molar-refractivity contribution is 5.78. The summed E-state index contributed by atoms with van der Waals surface area (Å²) in [5.41, 5.74) is 1.01. The lowest BCUT2D eigenvalue weighted by molar-refractivity contribution is -0.131. The van der Waals surface area contributed by atoms with E-state index in [4.69, 9.17) is 0 Å². The first-order valence-electron chi connectivity index (χ1n) is 9.04. The van der Waals surface area contributed by atoms with E-state index in [0.29, 0.717) is 18.4 Å².